The number of hydrogen-bond acceptors (Lipinski definition) is 2. The Kier molecular flexibility index (Phi) is 2.56. The fourth-order valence-corrected chi connectivity index (χ4v) is 2.45. The van der Waals surface area contributed by atoms with E-state index >= 15 is 0 Å². The summed E-state index contributed by atoms with van der Waals surface area (Å²) in [5.41, 5.74) is 5.64. The fraction of sp³-hybridized carbons (Fsp3) is 0.900. The molecule has 0 spiro atoms. The highest BCUT2D eigenvalue weighted by Crippen LogP contribution is 2.41. The van der Waals surface area contributed by atoms with Crippen molar-refractivity contribution in [1.29, 1.82) is 0 Å². The molecule has 2 N–H and O–H groups in total. The van der Waals surface area contributed by atoms with E-state index in [-0.39, 0.29) is 0 Å². The van der Waals surface area contributed by atoms with Crippen LogP contribution in [0.4, 0.5) is 0 Å². The van der Waals surface area contributed by atoms with Gasteiger partial charge in [-0.25, -0.2) is 0 Å². The molecule has 1 saturated heterocycles. The first-order chi connectivity index (χ1) is 6.18. The molecule has 2 rings (SSSR count). The smallest absolute Gasteiger partial charge is 0.0899 e. The Bertz CT molecular complexity index is 213. The molecule has 1 aliphatic heterocycles. The van der Waals surface area contributed by atoms with Gasteiger partial charge in [-0.3, -0.25) is 4.90 Å². The second-order valence-electron chi connectivity index (χ2n) is 4.46. The Labute approximate surface area is 85.5 Å². The van der Waals surface area contributed by atoms with Crippen LogP contribution in [0, 0.1) is 11.8 Å². The third-order valence-electron chi connectivity index (χ3n) is 3.50. The van der Waals surface area contributed by atoms with Gasteiger partial charge in [0, 0.05) is 6.54 Å². The van der Waals surface area contributed by atoms with Crippen LogP contribution in [0.5, 0.6) is 0 Å². The zero-order valence-electron chi connectivity index (χ0n) is 8.20. The summed E-state index contributed by atoms with van der Waals surface area (Å²) in [5, 5.41) is 0. The maximum absolute atomic E-state index is 5.64. The summed E-state index contributed by atoms with van der Waals surface area (Å²) in [5.74, 6) is 1.97. The Morgan fingerprint density at radius 2 is 2.08 bits per heavy atom. The van der Waals surface area contributed by atoms with Crippen LogP contribution in [0.25, 0.3) is 0 Å². The average Bonchev–Trinajstić information content (AvgIpc) is 2.83. The van der Waals surface area contributed by atoms with Gasteiger partial charge in [-0.1, -0.05) is 12.2 Å². The van der Waals surface area contributed by atoms with Crippen LogP contribution >= 0.6 is 12.2 Å². The lowest BCUT2D eigenvalue weighted by Crippen LogP contribution is -2.40. The number of thiocarbonyl (C=S) groups is 1. The second kappa shape index (κ2) is 3.54. The van der Waals surface area contributed by atoms with Gasteiger partial charge in [0.05, 0.1) is 11.0 Å². The lowest BCUT2D eigenvalue weighted by molar-refractivity contribution is 0.296. The molecule has 1 heterocycles. The molecule has 74 valence electrons. The van der Waals surface area contributed by atoms with Crippen LogP contribution in [0.3, 0.4) is 0 Å². The normalized spacial score (nSPS) is 31.9. The molecule has 1 aliphatic carbocycles. The van der Waals surface area contributed by atoms with Crippen molar-refractivity contribution >= 4 is 17.2 Å². The van der Waals surface area contributed by atoms with Crippen LogP contribution in [-0.2, 0) is 0 Å². The van der Waals surface area contributed by atoms with Crippen molar-refractivity contribution in [2.24, 2.45) is 17.6 Å². The fourth-order valence-electron chi connectivity index (χ4n) is 2.30. The minimum atomic E-state index is 0.304. The molecule has 2 fully saturated rings. The van der Waals surface area contributed by atoms with Crippen molar-refractivity contribution in [2.45, 2.75) is 32.2 Å². The molecule has 0 aromatic carbocycles. The summed E-state index contributed by atoms with van der Waals surface area (Å²) < 4.78 is 0. The zero-order chi connectivity index (χ0) is 9.42. The first-order valence-electron chi connectivity index (χ1n) is 5.22. The van der Waals surface area contributed by atoms with Gasteiger partial charge in [-0.15, -0.1) is 0 Å². The summed E-state index contributed by atoms with van der Waals surface area (Å²) in [6.45, 7) is 4.54. The second-order valence-corrected chi connectivity index (χ2v) is 4.93. The average molecular weight is 198 g/mol. The predicted octanol–water partition coefficient (Wildman–Crippen LogP) is 1.39. The Hall–Kier alpha value is -0.150. The zero-order valence-corrected chi connectivity index (χ0v) is 9.02. The molecule has 1 saturated carbocycles. The minimum Gasteiger partial charge on any atom is -0.392 e. The van der Waals surface area contributed by atoms with E-state index in [4.69, 9.17) is 18.0 Å². The molecular formula is C10H18N2S. The molecule has 0 aromatic heterocycles. The summed E-state index contributed by atoms with van der Waals surface area (Å²) >= 11 is 5.01. The highest BCUT2D eigenvalue weighted by Gasteiger charge is 2.37. The first-order valence-corrected chi connectivity index (χ1v) is 5.62. The molecule has 2 atom stereocenters. The molecular weight excluding hydrogens is 180 g/mol. The molecule has 0 radical (unpaired) electrons. The third-order valence-corrected chi connectivity index (χ3v) is 3.85. The summed E-state index contributed by atoms with van der Waals surface area (Å²) in [6, 6.07) is 0.304. The molecule has 0 amide bonds. The van der Waals surface area contributed by atoms with Crippen molar-refractivity contribution < 1.29 is 0 Å². The Balaban J connectivity index is 1.86. The van der Waals surface area contributed by atoms with Gasteiger partial charge in [-0.2, -0.15) is 0 Å². The van der Waals surface area contributed by atoms with Crippen molar-refractivity contribution in [3.8, 4) is 0 Å². The van der Waals surface area contributed by atoms with Gasteiger partial charge < -0.3 is 5.73 Å². The molecule has 2 nitrogen and oxygen atoms in total. The summed E-state index contributed by atoms with van der Waals surface area (Å²) in [6.07, 6.45) is 4.28. The number of rotatable bonds is 3. The molecule has 3 heteroatoms. The van der Waals surface area contributed by atoms with Gasteiger partial charge in [0.1, 0.15) is 0 Å². The van der Waals surface area contributed by atoms with Crippen LogP contribution in [0.15, 0.2) is 0 Å². The van der Waals surface area contributed by atoms with Gasteiger partial charge in [0.25, 0.3) is 0 Å². The van der Waals surface area contributed by atoms with E-state index in [0.717, 1.165) is 11.8 Å². The maximum Gasteiger partial charge on any atom is 0.0899 e. The highest BCUT2D eigenvalue weighted by atomic mass is 32.1. The quantitative estimate of drug-likeness (QED) is 0.695. The van der Waals surface area contributed by atoms with E-state index in [9.17, 15) is 0 Å². The predicted molar refractivity (Wildman–Crippen MR) is 58.7 cm³/mol. The summed E-state index contributed by atoms with van der Waals surface area (Å²) in [4.78, 5) is 3.09. The number of nitrogens with two attached hydrogens (primary N) is 1. The van der Waals surface area contributed by atoms with E-state index in [1.807, 2.05) is 0 Å². The SMILES string of the molecule is CC(C(N)=S)N1CCC(C2CC2)C1. The summed E-state index contributed by atoms with van der Waals surface area (Å²) in [7, 11) is 0. The number of hydrogen-bond donors (Lipinski definition) is 1. The van der Waals surface area contributed by atoms with Gasteiger partial charge in [0.15, 0.2) is 0 Å². The highest BCUT2D eigenvalue weighted by molar-refractivity contribution is 7.80. The van der Waals surface area contributed by atoms with Gasteiger partial charge in [0.2, 0.25) is 0 Å². The standard InChI is InChI=1S/C10H18N2S/c1-7(10(11)13)12-5-4-9(6-12)8-2-3-8/h7-9H,2-6H2,1H3,(H2,11,13). The van der Waals surface area contributed by atoms with Crippen LogP contribution < -0.4 is 5.73 Å². The van der Waals surface area contributed by atoms with Gasteiger partial charge in [-0.05, 0) is 44.6 Å². The third kappa shape index (κ3) is 2.02. The van der Waals surface area contributed by atoms with Crippen molar-refractivity contribution in [2.75, 3.05) is 13.1 Å². The van der Waals surface area contributed by atoms with E-state index in [2.05, 4.69) is 11.8 Å². The molecule has 0 bridgehead atoms. The van der Waals surface area contributed by atoms with Crippen molar-refractivity contribution in [1.82, 2.24) is 4.90 Å². The van der Waals surface area contributed by atoms with E-state index in [1.165, 1.54) is 32.4 Å². The monoisotopic (exact) mass is 198 g/mol. The minimum absolute atomic E-state index is 0.304. The van der Waals surface area contributed by atoms with Crippen LogP contribution in [0.1, 0.15) is 26.2 Å². The first kappa shape index (κ1) is 9.41. The molecule has 2 aliphatic rings. The Morgan fingerprint density at radius 3 is 2.62 bits per heavy atom. The number of nitrogens with zero attached hydrogens (tertiary/aromatic N) is 1. The topological polar surface area (TPSA) is 29.3 Å². The van der Waals surface area contributed by atoms with Crippen LogP contribution in [0.2, 0.25) is 0 Å². The Morgan fingerprint density at radius 1 is 1.38 bits per heavy atom. The maximum atomic E-state index is 5.64. The van der Waals surface area contributed by atoms with E-state index in [1.54, 1.807) is 0 Å². The lowest BCUT2D eigenvalue weighted by atomic mass is 10.0. The van der Waals surface area contributed by atoms with Crippen molar-refractivity contribution in [3.05, 3.63) is 0 Å². The number of likely N-dealkylation sites (tertiary alicyclic amines) is 1. The molecule has 0 aromatic rings. The largest absolute Gasteiger partial charge is 0.392 e. The van der Waals surface area contributed by atoms with Crippen LogP contribution in [-0.4, -0.2) is 29.0 Å². The molecule has 13 heavy (non-hydrogen) atoms. The van der Waals surface area contributed by atoms with E-state index < -0.39 is 0 Å². The van der Waals surface area contributed by atoms with Crippen molar-refractivity contribution in [3.63, 3.8) is 0 Å². The van der Waals surface area contributed by atoms with Gasteiger partial charge >= 0.3 is 0 Å². The lowest BCUT2D eigenvalue weighted by Gasteiger charge is -2.23. The molecule has 2 unspecified atom stereocenters. The van der Waals surface area contributed by atoms with E-state index in [0.29, 0.717) is 11.0 Å².